The summed E-state index contributed by atoms with van der Waals surface area (Å²) in [6.07, 6.45) is 2.54. The molecule has 1 unspecified atom stereocenters. The van der Waals surface area contributed by atoms with E-state index in [9.17, 15) is 0 Å². The standard InChI is InChI=1S/C15H28N4OS/c1-12-14(10-16-7-9-20-4)21-15(17-12)19(3)13-6-5-8-18(2)11-13/h13,16H,5-11H2,1-4H3. The zero-order valence-electron chi connectivity index (χ0n) is 13.7. The molecule has 120 valence electrons. The molecule has 0 radical (unpaired) electrons. The Labute approximate surface area is 132 Å². The van der Waals surface area contributed by atoms with Crippen molar-refractivity contribution in [2.45, 2.75) is 32.4 Å². The zero-order chi connectivity index (χ0) is 15.2. The van der Waals surface area contributed by atoms with Crippen LogP contribution in [-0.4, -0.2) is 63.4 Å². The summed E-state index contributed by atoms with van der Waals surface area (Å²) in [5.74, 6) is 0. The van der Waals surface area contributed by atoms with Crippen LogP contribution in [0.1, 0.15) is 23.4 Å². The number of methoxy groups -OCH3 is 1. The monoisotopic (exact) mass is 312 g/mol. The average molecular weight is 312 g/mol. The van der Waals surface area contributed by atoms with Crippen LogP contribution in [0.5, 0.6) is 0 Å². The van der Waals surface area contributed by atoms with Gasteiger partial charge in [0.2, 0.25) is 0 Å². The van der Waals surface area contributed by atoms with Gasteiger partial charge >= 0.3 is 0 Å². The molecule has 6 heteroatoms. The lowest BCUT2D eigenvalue weighted by Gasteiger charge is -2.35. The number of thiazole rings is 1. The Morgan fingerprint density at radius 1 is 1.52 bits per heavy atom. The number of hydrogen-bond donors (Lipinski definition) is 1. The molecule has 2 rings (SSSR count). The highest BCUT2D eigenvalue weighted by molar-refractivity contribution is 7.15. The lowest BCUT2D eigenvalue weighted by atomic mass is 10.1. The minimum atomic E-state index is 0.587. The van der Waals surface area contributed by atoms with E-state index in [0.717, 1.165) is 37.1 Å². The molecule has 2 heterocycles. The van der Waals surface area contributed by atoms with E-state index in [1.54, 1.807) is 7.11 Å². The Balaban J connectivity index is 1.93. The van der Waals surface area contributed by atoms with Crippen molar-refractivity contribution in [1.29, 1.82) is 0 Å². The molecule has 0 aliphatic carbocycles. The molecule has 0 saturated carbocycles. The SMILES string of the molecule is COCCNCc1sc(N(C)C2CCCN(C)C2)nc1C. The number of likely N-dealkylation sites (tertiary alicyclic amines) is 1. The van der Waals surface area contributed by atoms with Gasteiger partial charge in [-0.3, -0.25) is 0 Å². The second-order valence-corrected chi connectivity index (χ2v) is 6.91. The first-order valence-corrected chi connectivity index (χ1v) is 8.50. The highest BCUT2D eigenvalue weighted by Gasteiger charge is 2.23. The summed E-state index contributed by atoms with van der Waals surface area (Å²) in [5, 5.41) is 4.55. The minimum absolute atomic E-state index is 0.587. The van der Waals surface area contributed by atoms with Crippen LogP contribution in [0.4, 0.5) is 5.13 Å². The van der Waals surface area contributed by atoms with E-state index < -0.39 is 0 Å². The number of nitrogens with one attached hydrogen (secondary N) is 1. The maximum Gasteiger partial charge on any atom is 0.185 e. The third kappa shape index (κ3) is 4.64. The lowest BCUT2D eigenvalue weighted by molar-refractivity contribution is 0.199. The fraction of sp³-hybridized carbons (Fsp3) is 0.800. The zero-order valence-corrected chi connectivity index (χ0v) is 14.5. The molecule has 21 heavy (non-hydrogen) atoms. The normalized spacial score (nSPS) is 19.9. The molecule has 0 aromatic carbocycles. The van der Waals surface area contributed by atoms with Crippen LogP contribution >= 0.6 is 11.3 Å². The number of nitrogens with zero attached hydrogens (tertiary/aromatic N) is 3. The fourth-order valence-electron chi connectivity index (χ4n) is 2.72. The largest absolute Gasteiger partial charge is 0.383 e. The summed E-state index contributed by atoms with van der Waals surface area (Å²) in [6.45, 7) is 6.97. The molecule has 1 N–H and O–H groups in total. The molecular formula is C15H28N4OS. The van der Waals surface area contributed by atoms with Gasteiger partial charge in [-0.2, -0.15) is 0 Å². The van der Waals surface area contributed by atoms with E-state index in [-0.39, 0.29) is 0 Å². The molecule has 1 fully saturated rings. The van der Waals surface area contributed by atoms with Crippen LogP contribution in [0.25, 0.3) is 0 Å². The van der Waals surface area contributed by atoms with Crippen molar-refractivity contribution in [2.24, 2.45) is 0 Å². The van der Waals surface area contributed by atoms with Gasteiger partial charge in [0.1, 0.15) is 0 Å². The Bertz CT molecular complexity index is 437. The van der Waals surface area contributed by atoms with Gasteiger partial charge in [0.25, 0.3) is 0 Å². The number of hydrogen-bond acceptors (Lipinski definition) is 6. The summed E-state index contributed by atoms with van der Waals surface area (Å²) in [7, 11) is 6.12. The number of piperidine rings is 1. The third-order valence-electron chi connectivity index (χ3n) is 4.10. The van der Waals surface area contributed by atoms with Crippen LogP contribution in [0.15, 0.2) is 0 Å². The van der Waals surface area contributed by atoms with E-state index in [4.69, 9.17) is 9.72 Å². The third-order valence-corrected chi connectivity index (χ3v) is 5.35. The van der Waals surface area contributed by atoms with Crippen molar-refractivity contribution in [1.82, 2.24) is 15.2 Å². The van der Waals surface area contributed by atoms with Crippen LogP contribution in [-0.2, 0) is 11.3 Å². The quantitative estimate of drug-likeness (QED) is 0.776. The van der Waals surface area contributed by atoms with Gasteiger partial charge in [-0.1, -0.05) is 0 Å². The van der Waals surface area contributed by atoms with Gasteiger partial charge in [-0.05, 0) is 33.4 Å². The van der Waals surface area contributed by atoms with Crippen molar-refractivity contribution in [3.05, 3.63) is 10.6 Å². The molecule has 0 amide bonds. The van der Waals surface area contributed by atoms with Gasteiger partial charge in [-0.25, -0.2) is 4.98 Å². The second kappa shape index (κ2) is 8.08. The van der Waals surface area contributed by atoms with Crippen molar-refractivity contribution in [3.8, 4) is 0 Å². The summed E-state index contributed by atoms with van der Waals surface area (Å²) in [5.41, 5.74) is 1.15. The van der Waals surface area contributed by atoms with E-state index in [1.807, 2.05) is 11.3 Å². The Hall–Kier alpha value is -0.690. The molecular weight excluding hydrogens is 284 g/mol. The molecule has 5 nitrogen and oxygen atoms in total. The molecule has 1 aliphatic rings. The second-order valence-electron chi connectivity index (χ2n) is 5.84. The van der Waals surface area contributed by atoms with Crippen molar-refractivity contribution >= 4 is 16.5 Å². The lowest BCUT2D eigenvalue weighted by Crippen LogP contribution is -2.45. The first-order valence-electron chi connectivity index (χ1n) is 7.69. The highest BCUT2D eigenvalue weighted by atomic mass is 32.1. The number of rotatable bonds is 7. The molecule has 1 aromatic rings. The van der Waals surface area contributed by atoms with E-state index in [0.29, 0.717) is 6.04 Å². The van der Waals surface area contributed by atoms with Gasteiger partial charge < -0.3 is 19.9 Å². The number of likely N-dealkylation sites (N-methyl/N-ethyl adjacent to an activating group) is 2. The predicted molar refractivity (Wildman–Crippen MR) is 89.4 cm³/mol. The first-order chi connectivity index (χ1) is 10.1. The van der Waals surface area contributed by atoms with Crippen molar-refractivity contribution in [3.63, 3.8) is 0 Å². The molecule has 1 atom stereocenters. The Kier molecular flexibility index (Phi) is 6.41. The maximum atomic E-state index is 5.06. The smallest absolute Gasteiger partial charge is 0.185 e. The van der Waals surface area contributed by atoms with Gasteiger partial charge in [0.05, 0.1) is 12.3 Å². The van der Waals surface area contributed by atoms with E-state index in [2.05, 4.69) is 36.1 Å². The van der Waals surface area contributed by atoms with Crippen LogP contribution in [0, 0.1) is 6.92 Å². The van der Waals surface area contributed by atoms with Crippen LogP contribution in [0.3, 0.4) is 0 Å². The Morgan fingerprint density at radius 2 is 2.33 bits per heavy atom. The van der Waals surface area contributed by atoms with E-state index >= 15 is 0 Å². The topological polar surface area (TPSA) is 40.6 Å². The molecule has 0 bridgehead atoms. The molecule has 1 aromatic heterocycles. The first kappa shape index (κ1) is 16.7. The summed E-state index contributed by atoms with van der Waals surface area (Å²) >= 11 is 1.81. The summed E-state index contributed by atoms with van der Waals surface area (Å²) in [4.78, 5) is 10.9. The predicted octanol–water partition coefficient (Wildman–Crippen LogP) is 1.72. The Morgan fingerprint density at radius 3 is 3.05 bits per heavy atom. The van der Waals surface area contributed by atoms with Crippen LogP contribution < -0.4 is 10.2 Å². The number of ether oxygens (including phenoxy) is 1. The fourth-order valence-corrected chi connectivity index (χ4v) is 3.78. The summed E-state index contributed by atoms with van der Waals surface area (Å²) in [6, 6.07) is 0.587. The van der Waals surface area contributed by atoms with E-state index in [1.165, 1.54) is 24.3 Å². The van der Waals surface area contributed by atoms with Gasteiger partial charge in [0.15, 0.2) is 5.13 Å². The number of anilines is 1. The molecule has 1 saturated heterocycles. The van der Waals surface area contributed by atoms with Gasteiger partial charge in [0, 0.05) is 44.7 Å². The summed E-state index contributed by atoms with van der Waals surface area (Å²) < 4.78 is 5.06. The van der Waals surface area contributed by atoms with Crippen molar-refractivity contribution < 1.29 is 4.74 Å². The number of aromatic nitrogens is 1. The van der Waals surface area contributed by atoms with Crippen LogP contribution in [0.2, 0.25) is 0 Å². The number of aryl methyl sites for hydroxylation is 1. The minimum Gasteiger partial charge on any atom is -0.383 e. The van der Waals surface area contributed by atoms with Gasteiger partial charge in [-0.15, -0.1) is 11.3 Å². The molecule has 0 spiro atoms. The maximum absolute atomic E-state index is 5.06. The highest BCUT2D eigenvalue weighted by Crippen LogP contribution is 2.28. The average Bonchev–Trinajstić information content (AvgIpc) is 2.84. The van der Waals surface area contributed by atoms with Crippen molar-refractivity contribution in [2.75, 3.05) is 52.3 Å². The molecule has 1 aliphatic heterocycles.